The van der Waals surface area contributed by atoms with E-state index < -0.39 is 0 Å². The lowest BCUT2D eigenvalue weighted by atomic mass is 10.3. The van der Waals surface area contributed by atoms with E-state index in [-0.39, 0.29) is 4.99 Å². The van der Waals surface area contributed by atoms with Gasteiger partial charge in [-0.3, -0.25) is 0 Å². The molecule has 18 heavy (non-hydrogen) atoms. The Hall–Kier alpha value is -1.82. The lowest BCUT2D eigenvalue weighted by Crippen LogP contribution is -2.15. The van der Waals surface area contributed by atoms with Crippen molar-refractivity contribution in [3.8, 4) is 5.95 Å². The van der Waals surface area contributed by atoms with Crippen LogP contribution in [0.25, 0.3) is 5.95 Å². The molecule has 0 bridgehead atoms. The molecule has 2 heterocycles. The smallest absolute Gasteiger partial charge is 0.251 e. The van der Waals surface area contributed by atoms with Crippen LogP contribution in [0.4, 0.5) is 0 Å². The second-order valence-corrected chi connectivity index (χ2v) is 4.96. The van der Waals surface area contributed by atoms with Crippen molar-refractivity contribution in [1.82, 2.24) is 19.7 Å². The first kappa shape index (κ1) is 11.3. The Labute approximate surface area is 110 Å². The second kappa shape index (κ2) is 4.13. The van der Waals surface area contributed by atoms with Gasteiger partial charge in [0, 0.05) is 17.8 Å². The summed E-state index contributed by atoms with van der Waals surface area (Å²) in [6.07, 6.45) is 4.33. The van der Waals surface area contributed by atoms with Gasteiger partial charge in [0.15, 0.2) is 0 Å². The van der Waals surface area contributed by atoms with Gasteiger partial charge in [0.25, 0.3) is 5.95 Å². The van der Waals surface area contributed by atoms with Gasteiger partial charge in [0.1, 0.15) is 10.7 Å². The molecule has 0 amide bonds. The fourth-order valence-electron chi connectivity index (χ4n) is 1.83. The highest BCUT2D eigenvalue weighted by molar-refractivity contribution is 7.80. The van der Waals surface area contributed by atoms with Gasteiger partial charge < -0.3 is 5.73 Å². The van der Waals surface area contributed by atoms with Crippen molar-refractivity contribution in [2.24, 2.45) is 5.73 Å². The molecule has 92 valence electrons. The Morgan fingerprint density at radius 1 is 1.44 bits per heavy atom. The van der Waals surface area contributed by atoms with Crippen LogP contribution in [0.2, 0.25) is 0 Å². The number of aryl methyl sites for hydroxylation is 1. The van der Waals surface area contributed by atoms with E-state index in [1.165, 1.54) is 12.8 Å². The molecule has 3 rings (SSSR count). The molecule has 5 nitrogen and oxygen atoms in total. The molecular weight excluding hydrogens is 246 g/mol. The largest absolute Gasteiger partial charge is 0.388 e. The minimum absolute atomic E-state index is 0.274. The predicted octanol–water partition coefficient (Wildman–Crippen LogP) is 1.48. The van der Waals surface area contributed by atoms with Crippen molar-refractivity contribution in [3.63, 3.8) is 0 Å². The van der Waals surface area contributed by atoms with Crippen LogP contribution >= 0.6 is 12.2 Å². The molecular formula is C12H13N5S. The fourth-order valence-corrected chi connectivity index (χ4v) is 1.93. The van der Waals surface area contributed by atoms with Crippen LogP contribution < -0.4 is 5.73 Å². The Bertz CT molecular complexity index is 615. The summed E-state index contributed by atoms with van der Waals surface area (Å²) >= 11 is 4.95. The van der Waals surface area contributed by atoms with E-state index >= 15 is 0 Å². The molecule has 1 fully saturated rings. The maximum atomic E-state index is 5.60. The van der Waals surface area contributed by atoms with E-state index in [9.17, 15) is 0 Å². The summed E-state index contributed by atoms with van der Waals surface area (Å²) in [6.45, 7) is 1.89. The average molecular weight is 259 g/mol. The van der Waals surface area contributed by atoms with Crippen LogP contribution in [0.5, 0.6) is 0 Å². The van der Waals surface area contributed by atoms with Crippen molar-refractivity contribution >= 4 is 17.2 Å². The maximum Gasteiger partial charge on any atom is 0.251 e. The SMILES string of the molecule is Cc1cc(C(N)=S)nc(-n2ccc(C3CC3)n2)n1. The van der Waals surface area contributed by atoms with Crippen LogP contribution in [-0.2, 0) is 0 Å². The number of nitrogens with two attached hydrogens (primary N) is 1. The van der Waals surface area contributed by atoms with Crippen LogP contribution in [0.1, 0.15) is 35.8 Å². The van der Waals surface area contributed by atoms with Gasteiger partial charge in [-0.25, -0.2) is 14.6 Å². The highest BCUT2D eigenvalue weighted by Crippen LogP contribution is 2.38. The molecule has 1 saturated carbocycles. The summed E-state index contributed by atoms with van der Waals surface area (Å²) in [5.74, 6) is 1.14. The molecule has 0 aromatic carbocycles. The number of aromatic nitrogens is 4. The molecule has 0 aliphatic heterocycles. The lowest BCUT2D eigenvalue weighted by molar-refractivity contribution is 0.776. The monoisotopic (exact) mass is 259 g/mol. The third kappa shape index (κ3) is 2.11. The van der Waals surface area contributed by atoms with Crippen LogP contribution in [0.3, 0.4) is 0 Å². The van der Waals surface area contributed by atoms with Crippen LogP contribution in [-0.4, -0.2) is 24.7 Å². The van der Waals surface area contributed by atoms with Gasteiger partial charge >= 0.3 is 0 Å². The molecule has 0 atom stereocenters. The Morgan fingerprint density at radius 3 is 2.89 bits per heavy atom. The molecule has 2 N–H and O–H groups in total. The summed E-state index contributed by atoms with van der Waals surface area (Å²) in [4.78, 5) is 8.95. The normalized spacial score (nSPS) is 14.7. The first-order valence-corrected chi connectivity index (χ1v) is 6.26. The molecule has 0 saturated heterocycles. The molecule has 1 aliphatic rings. The van der Waals surface area contributed by atoms with Crippen molar-refractivity contribution < 1.29 is 0 Å². The third-order valence-electron chi connectivity index (χ3n) is 2.91. The first-order chi connectivity index (χ1) is 8.63. The lowest BCUT2D eigenvalue weighted by Gasteiger charge is -2.04. The zero-order chi connectivity index (χ0) is 12.7. The first-order valence-electron chi connectivity index (χ1n) is 5.85. The molecule has 6 heteroatoms. The minimum Gasteiger partial charge on any atom is -0.388 e. The average Bonchev–Trinajstić information content (AvgIpc) is 3.06. The van der Waals surface area contributed by atoms with Crippen molar-refractivity contribution in [2.45, 2.75) is 25.7 Å². The van der Waals surface area contributed by atoms with Gasteiger partial charge in [0.2, 0.25) is 0 Å². The van der Waals surface area contributed by atoms with Gasteiger partial charge in [-0.2, -0.15) is 5.10 Å². The van der Waals surface area contributed by atoms with Gasteiger partial charge in [0.05, 0.1) is 5.69 Å². The summed E-state index contributed by atoms with van der Waals surface area (Å²) in [5.41, 5.74) is 8.12. The Kier molecular flexibility index (Phi) is 2.59. The highest BCUT2D eigenvalue weighted by Gasteiger charge is 2.26. The van der Waals surface area contributed by atoms with Gasteiger partial charge in [-0.05, 0) is 31.9 Å². The van der Waals surface area contributed by atoms with E-state index in [1.54, 1.807) is 10.7 Å². The Morgan fingerprint density at radius 2 is 2.22 bits per heavy atom. The minimum atomic E-state index is 0.274. The Balaban J connectivity index is 2.01. The second-order valence-electron chi connectivity index (χ2n) is 4.52. The molecule has 1 aliphatic carbocycles. The maximum absolute atomic E-state index is 5.60. The van der Waals surface area contributed by atoms with Crippen molar-refractivity contribution in [1.29, 1.82) is 0 Å². The summed E-state index contributed by atoms with van der Waals surface area (Å²) < 4.78 is 1.68. The van der Waals surface area contributed by atoms with Crippen LogP contribution in [0.15, 0.2) is 18.3 Å². The number of nitrogens with zero attached hydrogens (tertiary/aromatic N) is 4. The number of hydrogen-bond donors (Lipinski definition) is 1. The van der Waals surface area contributed by atoms with Crippen molar-refractivity contribution in [3.05, 3.63) is 35.4 Å². The molecule has 0 unspecified atom stereocenters. The summed E-state index contributed by atoms with van der Waals surface area (Å²) in [7, 11) is 0. The summed E-state index contributed by atoms with van der Waals surface area (Å²) in [6, 6.07) is 3.79. The molecule has 2 aromatic heterocycles. The fraction of sp³-hybridized carbons (Fsp3) is 0.333. The zero-order valence-corrected chi connectivity index (χ0v) is 10.8. The van der Waals surface area contributed by atoms with Gasteiger partial charge in [-0.1, -0.05) is 12.2 Å². The number of hydrogen-bond acceptors (Lipinski definition) is 4. The van der Waals surface area contributed by atoms with E-state index in [1.807, 2.05) is 19.2 Å². The molecule has 0 radical (unpaired) electrons. The number of thiocarbonyl (C=S) groups is 1. The van der Waals surface area contributed by atoms with E-state index in [0.29, 0.717) is 17.6 Å². The van der Waals surface area contributed by atoms with Crippen LogP contribution in [0, 0.1) is 6.92 Å². The number of rotatable bonds is 3. The van der Waals surface area contributed by atoms with E-state index in [0.717, 1.165) is 11.4 Å². The van der Waals surface area contributed by atoms with E-state index in [2.05, 4.69) is 15.1 Å². The quantitative estimate of drug-likeness (QED) is 0.846. The summed E-state index contributed by atoms with van der Waals surface area (Å²) in [5, 5.41) is 4.49. The molecule has 2 aromatic rings. The highest BCUT2D eigenvalue weighted by atomic mass is 32.1. The predicted molar refractivity (Wildman–Crippen MR) is 71.8 cm³/mol. The molecule has 0 spiro atoms. The third-order valence-corrected chi connectivity index (χ3v) is 3.11. The van der Waals surface area contributed by atoms with E-state index in [4.69, 9.17) is 18.0 Å². The van der Waals surface area contributed by atoms with Crippen molar-refractivity contribution in [2.75, 3.05) is 0 Å². The zero-order valence-electron chi connectivity index (χ0n) is 10.00. The topological polar surface area (TPSA) is 69.6 Å². The van der Waals surface area contributed by atoms with Gasteiger partial charge in [-0.15, -0.1) is 0 Å². The standard InChI is InChI=1S/C12H13N5S/c1-7-6-10(11(13)18)15-12(14-7)17-5-4-9(16-17)8-2-3-8/h4-6,8H,2-3H2,1H3,(H2,13,18).